The quantitative estimate of drug-likeness (QED) is 0.0278. The Morgan fingerprint density at radius 1 is 0.262 bits per heavy atom. The normalized spacial score (nSPS) is 13.9. The van der Waals surface area contributed by atoms with Gasteiger partial charge in [0.15, 0.2) is 0 Å². The van der Waals surface area contributed by atoms with Crippen LogP contribution in [0.2, 0.25) is 0 Å². The van der Waals surface area contributed by atoms with Gasteiger partial charge < -0.3 is 0 Å². The van der Waals surface area contributed by atoms with E-state index in [2.05, 4.69) is 305 Å². The van der Waals surface area contributed by atoms with Crippen LogP contribution in [0.15, 0.2) is 218 Å². The lowest BCUT2D eigenvalue weighted by molar-refractivity contribution is -0.385. The number of hydrogen-bond donors (Lipinski definition) is 0. The monoisotopic (exact) mass is 1750 g/mol. The number of halogens is 4. The van der Waals surface area contributed by atoms with Gasteiger partial charge in [-0.1, -0.05) is 252 Å². The molecule has 12 aromatic rings. The van der Waals surface area contributed by atoms with Crippen molar-refractivity contribution in [2.45, 2.75) is 259 Å². The zero-order valence-electron chi connectivity index (χ0n) is 77.1. The standard InChI is InChI=1S/C30H33NO2.C30H34.C28H29Cl2NO2.C28H30Cl2/c1-6-9-22-17-27(21(5)16-20(22)4)23-10-12-25-26-13-11-24(31(32)33)19-29(26)30(14-7-2,15-8-3)28(25)18-23;1-6-11-23-19-27(22(5)18-21(23)4)24-14-15-26-25-12-9-10-13-28(25)30(16-7-2,17-8-3)29(26)20-24;1-4-10-28(11-5-2)26-14-19(25-13-20(16-29)18(3)12-21(25)17-30)6-8-23(26)24-9-7-22(31(32)33)15-27(24)28;1-4-12-28(13-5-2)26-9-7-6-8-23(26)24-11-10-20(16-27(24)28)25-15-21(17-29)19(3)14-22(25)18-30/h6,9-13,16-19H,7-8,14-15H2,1-5H3;6,9-15,18-20H,7-8,16-17H2,1-5H3;6-9,12-15H,4-5,10-11,16-17H2,1-3H3;6-11,14-16H,4-5,12-13,17-18H2,1-3H3/b9-6+;11-6+;;. The molecule has 0 bridgehead atoms. The summed E-state index contributed by atoms with van der Waals surface area (Å²) >= 11 is 25.2. The molecule has 0 spiro atoms. The third-order valence-corrected chi connectivity index (χ3v) is 29.1. The largest absolute Gasteiger partial charge is 0.269 e. The van der Waals surface area contributed by atoms with Gasteiger partial charge >= 0.3 is 0 Å². The molecule has 0 unspecified atom stereocenters. The molecule has 16 rings (SSSR count). The summed E-state index contributed by atoms with van der Waals surface area (Å²) in [7, 11) is 0. The molecule has 0 fully saturated rings. The summed E-state index contributed by atoms with van der Waals surface area (Å²) in [4.78, 5) is 22.6. The number of aryl methyl sites for hydroxylation is 6. The Bertz CT molecular complexity index is 6090. The fraction of sp³-hybridized carbons (Fsp3) is 0.345. The maximum Gasteiger partial charge on any atom is 0.269 e. The highest BCUT2D eigenvalue weighted by atomic mass is 35.5. The SMILES string of the molecule is C/C=C/c1cc(-c2ccc3c(c2)C(CCC)(CCC)c2cc([N+](=O)[O-])ccc2-3)c(C)cc1C.C/C=C/c1cc(-c2ccc3c(c2)C(CCC)(CCC)c2ccccc2-3)c(C)cc1C.CCCC1(CCC)c2cc(-c3cc(CCl)c(C)cc3CCl)ccc2-c2ccc([N+](=O)[O-])cc21.CCCC1(CCC)c2ccccc2-c2ccc(-c3cc(CCl)c(C)cc3CCl)cc21. The number of nitro groups is 2. The number of non-ortho nitro benzene ring substituents is 2. The van der Waals surface area contributed by atoms with Gasteiger partial charge in [-0.3, -0.25) is 20.2 Å². The van der Waals surface area contributed by atoms with Crippen LogP contribution in [0.1, 0.15) is 283 Å². The average molecular weight is 1750 g/mol. The van der Waals surface area contributed by atoms with Crippen molar-refractivity contribution in [3.05, 3.63) is 350 Å². The summed E-state index contributed by atoms with van der Waals surface area (Å²) < 4.78 is 0. The van der Waals surface area contributed by atoms with Crippen molar-refractivity contribution in [1.82, 2.24) is 0 Å². The predicted molar refractivity (Wildman–Crippen MR) is 541 cm³/mol. The molecule has 0 aliphatic heterocycles. The van der Waals surface area contributed by atoms with Crippen LogP contribution in [0.3, 0.4) is 0 Å². The first kappa shape index (κ1) is 93.7. The van der Waals surface area contributed by atoms with Crippen molar-refractivity contribution in [1.29, 1.82) is 0 Å². The van der Waals surface area contributed by atoms with Gasteiger partial charge in [-0.05, 0) is 368 Å². The van der Waals surface area contributed by atoms with Crippen molar-refractivity contribution < 1.29 is 9.85 Å². The molecule has 0 radical (unpaired) electrons. The van der Waals surface area contributed by atoms with E-state index in [1.165, 1.54) is 202 Å². The van der Waals surface area contributed by atoms with E-state index in [0.29, 0.717) is 23.5 Å². The molecular weight excluding hydrogens is 1630 g/mol. The van der Waals surface area contributed by atoms with Crippen LogP contribution in [-0.4, -0.2) is 9.85 Å². The molecule has 0 amide bonds. The van der Waals surface area contributed by atoms with Crippen molar-refractivity contribution in [3.8, 4) is 89.0 Å². The highest BCUT2D eigenvalue weighted by Gasteiger charge is 2.47. The smallest absolute Gasteiger partial charge is 0.258 e. The second-order valence-corrected chi connectivity index (χ2v) is 37.0. The number of nitrogens with zero attached hydrogens (tertiary/aromatic N) is 2. The molecule has 0 saturated carbocycles. The van der Waals surface area contributed by atoms with Crippen LogP contribution < -0.4 is 0 Å². The highest BCUT2D eigenvalue weighted by molar-refractivity contribution is 6.19. The summed E-state index contributed by atoms with van der Waals surface area (Å²) in [6.45, 7) is 35.2. The zero-order valence-corrected chi connectivity index (χ0v) is 80.1. The van der Waals surface area contributed by atoms with E-state index in [9.17, 15) is 20.2 Å². The summed E-state index contributed by atoms with van der Waals surface area (Å²) in [6.07, 6.45) is 26.1. The van der Waals surface area contributed by atoms with Crippen molar-refractivity contribution in [2.75, 3.05) is 0 Å². The third-order valence-electron chi connectivity index (χ3n) is 27.9. The second kappa shape index (κ2) is 40.6. The molecule has 4 aliphatic carbocycles. The van der Waals surface area contributed by atoms with Crippen LogP contribution >= 0.6 is 46.4 Å². The molecule has 126 heavy (non-hydrogen) atoms. The molecule has 0 aromatic heterocycles. The first-order valence-electron chi connectivity index (χ1n) is 46.2. The Morgan fingerprint density at radius 3 is 0.786 bits per heavy atom. The summed E-state index contributed by atoms with van der Waals surface area (Å²) in [5.74, 6) is 1.91. The second-order valence-electron chi connectivity index (χ2n) is 35.9. The molecule has 652 valence electrons. The summed E-state index contributed by atoms with van der Waals surface area (Å²) in [6, 6.07) is 74.6. The maximum atomic E-state index is 11.6. The molecule has 6 nitrogen and oxygen atoms in total. The third kappa shape index (κ3) is 17.6. The van der Waals surface area contributed by atoms with Gasteiger partial charge in [-0.15, -0.1) is 46.4 Å². The minimum absolute atomic E-state index is 0.104. The minimum Gasteiger partial charge on any atom is -0.258 e. The number of alkyl halides is 4. The highest BCUT2D eigenvalue weighted by Crippen LogP contribution is 2.60. The lowest BCUT2D eigenvalue weighted by Gasteiger charge is -2.32. The first-order chi connectivity index (χ1) is 60.9. The number of rotatable bonds is 28. The molecule has 0 N–H and O–H groups in total. The molecule has 10 heteroatoms. The topological polar surface area (TPSA) is 86.3 Å². The van der Waals surface area contributed by atoms with E-state index in [4.69, 9.17) is 46.4 Å². The Hall–Kier alpha value is -9.92. The fourth-order valence-corrected chi connectivity index (χ4v) is 23.6. The van der Waals surface area contributed by atoms with E-state index >= 15 is 0 Å². The van der Waals surface area contributed by atoms with E-state index in [-0.39, 0.29) is 42.9 Å². The van der Waals surface area contributed by atoms with E-state index in [0.717, 1.165) is 101 Å². The Balaban J connectivity index is 0.000000144. The lowest BCUT2D eigenvalue weighted by atomic mass is 9.71. The van der Waals surface area contributed by atoms with Crippen molar-refractivity contribution in [2.24, 2.45) is 0 Å². The van der Waals surface area contributed by atoms with Crippen LogP contribution in [-0.2, 0) is 45.2 Å². The molecule has 0 saturated heterocycles. The van der Waals surface area contributed by atoms with Gasteiger partial charge in [0.05, 0.1) is 9.85 Å². The number of nitro benzene ring substituents is 2. The van der Waals surface area contributed by atoms with Crippen LogP contribution in [0.25, 0.3) is 101 Å². The van der Waals surface area contributed by atoms with Gasteiger partial charge in [-0.2, -0.15) is 0 Å². The average Bonchev–Trinajstić information content (AvgIpc) is 1.58. The number of fused-ring (bicyclic) bond motifs is 12. The summed E-state index contributed by atoms with van der Waals surface area (Å²) in [5.41, 5.74) is 46.0. The Labute approximate surface area is 771 Å². The van der Waals surface area contributed by atoms with E-state index in [1.807, 2.05) is 24.3 Å². The Morgan fingerprint density at radius 2 is 0.516 bits per heavy atom. The van der Waals surface area contributed by atoms with Crippen molar-refractivity contribution >= 4 is 69.9 Å². The van der Waals surface area contributed by atoms with Crippen LogP contribution in [0.4, 0.5) is 11.4 Å². The van der Waals surface area contributed by atoms with Gasteiger partial charge in [-0.25, -0.2) is 0 Å². The van der Waals surface area contributed by atoms with E-state index in [1.54, 1.807) is 12.1 Å². The molecule has 12 aromatic carbocycles. The van der Waals surface area contributed by atoms with E-state index < -0.39 is 0 Å². The van der Waals surface area contributed by atoms with Gasteiger partial charge in [0.1, 0.15) is 0 Å². The van der Waals surface area contributed by atoms with Crippen LogP contribution in [0, 0.1) is 61.8 Å². The number of hydrogen-bond acceptors (Lipinski definition) is 4. The molecule has 4 aliphatic rings. The van der Waals surface area contributed by atoms with Gasteiger partial charge in [0.2, 0.25) is 0 Å². The van der Waals surface area contributed by atoms with Gasteiger partial charge in [0.25, 0.3) is 11.4 Å². The maximum absolute atomic E-state index is 11.6. The predicted octanol–water partition coefficient (Wildman–Crippen LogP) is 35.6. The fourth-order valence-electron chi connectivity index (χ4n) is 22.6. The number of benzene rings is 12. The molecule has 0 heterocycles. The Kier molecular flexibility index (Phi) is 30.2. The first-order valence-corrected chi connectivity index (χ1v) is 48.4. The lowest BCUT2D eigenvalue weighted by Crippen LogP contribution is -2.25. The zero-order chi connectivity index (χ0) is 90.1. The van der Waals surface area contributed by atoms with Crippen LogP contribution in [0.5, 0.6) is 0 Å². The molecular formula is C116H126Cl4N2O4. The molecule has 0 atom stereocenters. The summed E-state index contributed by atoms with van der Waals surface area (Å²) in [5, 5.41) is 23.2. The van der Waals surface area contributed by atoms with Gasteiger partial charge in [0, 0.05) is 69.4 Å². The number of allylic oxidation sites excluding steroid dienone is 2. The van der Waals surface area contributed by atoms with Crippen molar-refractivity contribution in [3.63, 3.8) is 0 Å². The minimum atomic E-state index is -0.288.